The van der Waals surface area contributed by atoms with Crippen LogP contribution in [0.1, 0.15) is 24.8 Å². The highest BCUT2D eigenvalue weighted by Gasteiger charge is 2.35. The van der Waals surface area contributed by atoms with Crippen molar-refractivity contribution in [1.29, 1.82) is 5.41 Å². The van der Waals surface area contributed by atoms with Gasteiger partial charge in [-0.25, -0.2) is 18.6 Å². The fourth-order valence-corrected chi connectivity index (χ4v) is 6.09. The number of carbonyl (C=O) groups is 2. The Bertz CT molecular complexity index is 1270. The smallest absolute Gasteiger partial charge is 0.328 e. The number of hydrogen-bond donors (Lipinski definition) is 5. The fraction of sp³-hybridized carbons (Fsp3) is 0.333. The van der Waals surface area contributed by atoms with Crippen LogP contribution in [0.4, 0.5) is 0 Å². The standard InChI is InChI=1S/C21H23Cl4N5O5S2/c22-12-7-16(36)19(25)17(8-12)37(34,35)10-18(31)30(15(20(32)33)2-1-5-28-21(26)27)29-9-11-3-4-13(23)14(24)6-11/h3-4,6,8,15,29H,1-2,5,7,9-10H2,(H,32,33)(H4,26,27,28)/t15-/m0/s1. The zero-order valence-electron chi connectivity index (χ0n) is 19.1. The van der Waals surface area contributed by atoms with Crippen LogP contribution in [0, 0.1) is 5.41 Å². The number of nitrogens with one attached hydrogen (secondary N) is 3. The van der Waals surface area contributed by atoms with Crippen molar-refractivity contribution in [2.24, 2.45) is 5.73 Å². The van der Waals surface area contributed by atoms with E-state index < -0.39 is 38.4 Å². The first-order chi connectivity index (χ1) is 17.2. The maximum absolute atomic E-state index is 13.3. The second-order valence-electron chi connectivity index (χ2n) is 7.81. The Morgan fingerprint density at radius 1 is 1.22 bits per heavy atom. The number of amides is 1. The van der Waals surface area contributed by atoms with Crippen LogP contribution in [-0.2, 0) is 26.0 Å². The monoisotopic (exact) mass is 629 g/mol. The van der Waals surface area contributed by atoms with Crippen LogP contribution in [0.5, 0.6) is 0 Å². The molecule has 16 heteroatoms. The molecule has 0 bridgehead atoms. The molecule has 0 heterocycles. The molecule has 0 aromatic heterocycles. The van der Waals surface area contributed by atoms with E-state index >= 15 is 0 Å². The van der Waals surface area contributed by atoms with E-state index in [-0.39, 0.29) is 58.3 Å². The minimum atomic E-state index is -4.35. The Morgan fingerprint density at radius 2 is 1.89 bits per heavy atom. The topological polar surface area (TPSA) is 166 Å². The van der Waals surface area contributed by atoms with E-state index in [0.29, 0.717) is 10.6 Å². The van der Waals surface area contributed by atoms with Crippen molar-refractivity contribution in [1.82, 2.24) is 15.8 Å². The Morgan fingerprint density at radius 3 is 2.49 bits per heavy atom. The number of nitrogens with two attached hydrogens (primary N) is 1. The molecule has 1 atom stereocenters. The van der Waals surface area contributed by atoms with E-state index in [0.717, 1.165) is 11.1 Å². The number of carbonyl (C=O) groups excluding carboxylic acids is 1. The number of sulfone groups is 1. The highest BCUT2D eigenvalue weighted by Crippen LogP contribution is 2.31. The van der Waals surface area contributed by atoms with Gasteiger partial charge in [-0.2, -0.15) is 0 Å². The summed E-state index contributed by atoms with van der Waals surface area (Å²) in [5.41, 5.74) is 8.49. The van der Waals surface area contributed by atoms with Gasteiger partial charge in [0.2, 0.25) is 0 Å². The molecule has 0 aliphatic heterocycles. The molecule has 0 saturated heterocycles. The number of thiocarbonyl (C=S) groups is 1. The Labute approximate surface area is 239 Å². The summed E-state index contributed by atoms with van der Waals surface area (Å²) in [5.74, 6) is -3.84. The van der Waals surface area contributed by atoms with Crippen LogP contribution < -0.4 is 16.5 Å². The number of carboxylic acid groups (broad SMARTS) is 1. The number of hydrazine groups is 1. The first-order valence-electron chi connectivity index (χ1n) is 10.5. The fourth-order valence-electron chi connectivity index (χ4n) is 3.24. The minimum absolute atomic E-state index is 0.0720. The highest BCUT2D eigenvalue weighted by molar-refractivity contribution is 7.96. The molecule has 10 nitrogen and oxygen atoms in total. The quantitative estimate of drug-likeness (QED) is 0.0765. The average Bonchev–Trinajstić information content (AvgIpc) is 2.79. The molecular formula is C21H23Cl4N5O5S2. The van der Waals surface area contributed by atoms with Crippen LogP contribution in [0.3, 0.4) is 0 Å². The number of rotatable bonds is 12. The van der Waals surface area contributed by atoms with Gasteiger partial charge in [-0.3, -0.25) is 15.2 Å². The molecule has 1 amide bonds. The highest BCUT2D eigenvalue weighted by atomic mass is 35.5. The van der Waals surface area contributed by atoms with Crippen LogP contribution in [0.25, 0.3) is 0 Å². The summed E-state index contributed by atoms with van der Waals surface area (Å²) in [4.78, 5) is 25.1. The molecule has 1 aliphatic carbocycles. The largest absolute Gasteiger partial charge is 0.480 e. The van der Waals surface area contributed by atoms with Gasteiger partial charge in [0.1, 0.15) is 11.8 Å². The molecule has 6 N–H and O–H groups in total. The number of benzene rings is 1. The summed E-state index contributed by atoms with van der Waals surface area (Å²) in [7, 11) is -4.35. The molecule has 202 valence electrons. The molecule has 0 unspecified atom stereocenters. The Balaban J connectivity index is 2.34. The van der Waals surface area contributed by atoms with Gasteiger partial charge >= 0.3 is 5.97 Å². The summed E-state index contributed by atoms with van der Waals surface area (Å²) in [6, 6.07) is 3.18. The molecule has 1 aromatic rings. The summed E-state index contributed by atoms with van der Waals surface area (Å²) in [6.07, 6.45) is 1.33. The van der Waals surface area contributed by atoms with E-state index in [1.807, 2.05) is 0 Å². The van der Waals surface area contributed by atoms with E-state index in [1.165, 1.54) is 12.1 Å². The molecule has 1 aliphatic rings. The van der Waals surface area contributed by atoms with E-state index in [4.69, 9.17) is 69.8 Å². The average molecular weight is 631 g/mol. The van der Waals surface area contributed by atoms with Crippen molar-refractivity contribution in [2.75, 3.05) is 12.3 Å². The lowest BCUT2D eigenvalue weighted by Gasteiger charge is -2.30. The normalized spacial score (nSPS) is 14.7. The number of hydrogen-bond acceptors (Lipinski definition) is 7. The minimum Gasteiger partial charge on any atom is -0.480 e. The molecule has 1 aromatic carbocycles. The Kier molecular flexibility index (Phi) is 11.6. The van der Waals surface area contributed by atoms with Crippen molar-refractivity contribution < 1.29 is 23.1 Å². The lowest BCUT2D eigenvalue weighted by Crippen LogP contribution is -2.54. The van der Waals surface area contributed by atoms with Crippen LogP contribution in [-0.4, -0.2) is 59.6 Å². The first-order valence-corrected chi connectivity index (χ1v) is 14.1. The van der Waals surface area contributed by atoms with Crippen molar-refractivity contribution >= 4 is 91.2 Å². The second kappa shape index (κ2) is 13.7. The van der Waals surface area contributed by atoms with Crippen LogP contribution >= 0.6 is 58.6 Å². The predicted molar refractivity (Wildman–Crippen MR) is 149 cm³/mol. The number of aliphatic carboxylic acids is 1. The van der Waals surface area contributed by atoms with E-state index in [9.17, 15) is 23.1 Å². The van der Waals surface area contributed by atoms with Gasteiger partial charge in [0.25, 0.3) is 5.91 Å². The van der Waals surface area contributed by atoms with Gasteiger partial charge < -0.3 is 16.2 Å². The van der Waals surface area contributed by atoms with Crippen LogP contribution in [0.15, 0.2) is 39.2 Å². The summed E-state index contributed by atoms with van der Waals surface area (Å²) >= 11 is 29.1. The number of guanidine groups is 1. The third kappa shape index (κ3) is 9.10. The number of carboxylic acids is 1. The molecule has 0 fully saturated rings. The number of nitrogens with zero attached hydrogens (tertiary/aromatic N) is 1. The molecule has 0 radical (unpaired) electrons. The van der Waals surface area contributed by atoms with E-state index in [1.54, 1.807) is 6.07 Å². The van der Waals surface area contributed by atoms with Gasteiger partial charge in [-0.15, -0.1) is 0 Å². The number of halogens is 4. The second-order valence-corrected chi connectivity index (χ2v) is 11.9. The first kappa shape index (κ1) is 31.3. The summed E-state index contributed by atoms with van der Waals surface area (Å²) in [5, 5.41) is 20.8. The predicted octanol–water partition coefficient (Wildman–Crippen LogP) is 3.30. The van der Waals surface area contributed by atoms with Gasteiger partial charge in [0, 0.05) is 29.4 Å². The molecule has 0 spiro atoms. The van der Waals surface area contributed by atoms with E-state index in [2.05, 4.69) is 10.7 Å². The zero-order valence-corrected chi connectivity index (χ0v) is 23.7. The number of allylic oxidation sites excluding steroid dienone is 3. The van der Waals surface area contributed by atoms with Gasteiger partial charge in [-0.05, 0) is 36.6 Å². The Hall–Kier alpha value is -1.93. The molecule has 2 rings (SSSR count). The lowest BCUT2D eigenvalue weighted by molar-refractivity contribution is -0.152. The molecular weight excluding hydrogens is 608 g/mol. The zero-order chi connectivity index (χ0) is 27.9. The molecule has 37 heavy (non-hydrogen) atoms. The van der Waals surface area contributed by atoms with Crippen molar-refractivity contribution in [3.05, 3.63) is 54.9 Å². The maximum atomic E-state index is 13.3. The van der Waals surface area contributed by atoms with Gasteiger partial charge in [-0.1, -0.05) is 64.7 Å². The third-order valence-corrected chi connectivity index (χ3v) is 8.60. The SMILES string of the molecule is N=C(N)NCCC[C@@H](C(=O)O)N(NCc1ccc(Cl)c(Cl)c1)C(=O)CS(=O)(=O)C1=C(Cl)C(=S)CC(Cl)=C1. The third-order valence-electron chi connectivity index (χ3n) is 5.00. The van der Waals surface area contributed by atoms with Crippen molar-refractivity contribution in [3.8, 4) is 0 Å². The van der Waals surface area contributed by atoms with Crippen molar-refractivity contribution in [3.63, 3.8) is 0 Å². The van der Waals surface area contributed by atoms with Gasteiger partial charge in [0.15, 0.2) is 15.8 Å². The lowest BCUT2D eigenvalue weighted by atomic mass is 10.1. The maximum Gasteiger partial charge on any atom is 0.328 e. The summed E-state index contributed by atoms with van der Waals surface area (Å²) in [6.45, 7) is 0.0902. The van der Waals surface area contributed by atoms with Crippen LogP contribution in [0.2, 0.25) is 10.0 Å². The van der Waals surface area contributed by atoms with Crippen molar-refractivity contribution in [2.45, 2.75) is 31.8 Å². The summed E-state index contributed by atoms with van der Waals surface area (Å²) < 4.78 is 26.2. The van der Waals surface area contributed by atoms with Gasteiger partial charge in [0.05, 0.1) is 20.0 Å². The molecule has 0 saturated carbocycles.